The number of rotatable bonds is 8. The van der Waals surface area contributed by atoms with Crippen molar-refractivity contribution in [1.29, 1.82) is 0 Å². The van der Waals surface area contributed by atoms with Crippen LogP contribution in [0, 0.1) is 6.92 Å². The quantitative estimate of drug-likeness (QED) is 0.645. The molecule has 3 rings (SSSR count). The van der Waals surface area contributed by atoms with Crippen LogP contribution in [0.25, 0.3) is 0 Å². The first kappa shape index (κ1) is 21.4. The van der Waals surface area contributed by atoms with E-state index in [4.69, 9.17) is 0 Å². The largest absolute Gasteiger partial charge is 0.352 e. The molecule has 29 heavy (non-hydrogen) atoms. The fraction of sp³-hybridized carbons (Fsp3) is 0.524. The van der Waals surface area contributed by atoms with Gasteiger partial charge in [-0.3, -0.25) is 9.59 Å². The van der Waals surface area contributed by atoms with Gasteiger partial charge in [0.25, 0.3) is 11.8 Å². The second kappa shape index (κ2) is 10.5. The van der Waals surface area contributed by atoms with Crippen molar-refractivity contribution in [1.82, 2.24) is 20.4 Å². The molecule has 0 spiro atoms. The maximum atomic E-state index is 12.3. The molecule has 2 aromatic rings. The molecule has 0 radical (unpaired) electrons. The third-order valence-electron chi connectivity index (χ3n) is 5.25. The van der Waals surface area contributed by atoms with Gasteiger partial charge in [0.2, 0.25) is 5.01 Å². The van der Waals surface area contributed by atoms with Gasteiger partial charge in [0, 0.05) is 30.4 Å². The first-order valence-electron chi connectivity index (χ1n) is 10.3. The number of piperidine rings is 1. The van der Waals surface area contributed by atoms with Crippen molar-refractivity contribution in [3.63, 3.8) is 0 Å². The molecule has 2 amide bonds. The predicted molar refractivity (Wildman–Crippen MR) is 115 cm³/mol. The average Bonchev–Trinajstić information content (AvgIpc) is 3.18. The number of nitrogens with zero attached hydrogens (tertiary/aromatic N) is 3. The molecule has 1 fully saturated rings. The summed E-state index contributed by atoms with van der Waals surface area (Å²) in [4.78, 5) is 27.0. The molecule has 8 heteroatoms. The van der Waals surface area contributed by atoms with Crippen LogP contribution < -0.4 is 10.6 Å². The van der Waals surface area contributed by atoms with Gasteiger partial charge in [0.05, 0.1) is 0 Å². The van der Waals surface area contributed by atoms with Crippen molar-refractivity contribution >= 4 is 28.8 Å². The van der Waals surface area contributed by atoms with Gasteiger partial charge in [0.1, 0.15) is 5.01 Å². The zero-order valence-corrected chi connectivity index (χ0v) is 17.9. The van der Waals surface area contributed by atoms with E-state index in [1.807, 2.05) is 0 Å². The third kappa shape index (κ3) is 6.08. The first-order chi connectivity index (χ1) is 14.1. The van der Waals surface area contributed by atoms with Gasteiger partial charge < -0.3 is 15.5 Å². The van der Waals surface area contributed by atoms with E-state index in [9.17, 15) is 9.59 Å². The van der Waals surface area contributed by atoms with Gasteiger partial charge in [0.15, 0.2) is 0 Å². The van der Waals surface area contributed by atoms with Crippen molar-refractivity contribution in [2.24, 2.45) is 0 Å². The molecule has 2 heterocycles. The summed E-state index contributed by atoms with van der Waals surface area (Å²) in [5, 5.41) is 14.5. The van der Waals surface area contributed by atoms with E-state index in [-0.39, 0.29) is 11.8 Å². The zero-order valence-electron chi connectivity index (χ0n) is 17.1. The molecule has 0 unspecified atom stereocenters. The topological polar surface area (TPSA) is 87.2 Å². The summed E-state index contributed by atoms with van der Waals surface area (Å²) in [6.45, 7) is 6.94. The number of likely N-dealkylation sites (tertiary alicyclic amines) is 1. The number of aryl methyl sites for hydroxylation is 1. The number of aromatic nitrogens is 2. The Morgan fingerprint density at radius 3 is 2.66 bits per heavy atom. The zero-order chi connectivity index (χ0) is 20.6. The lowest BCUT2D eigenvalue weighted by molar-refractivity contribution is 0.0946. The van der Waals surface area contributed by atoms with Crippen molar-refractivity contribution in [2.75, 3.05) is 25.0 Å². The molecular formula is C21H29N5O2S. The van der Waals surface area contributed by atoms with Gasteiger partial charge >= 0.3 is 0 Å². The summed E-state index contributed by atoms with van der Waals surface area (Å²) >= 11 is 1.24. The highest BCUT2D eigenvalue weighted by Gasteiger charge is 2.20. The van der Waals surface area contributed by atoms with E-state index in [2.05, 4.69) is 32.7 Å². The van der Waals surface area contributed by atoms with E-state index in [0.717, 1.165) is 18.0 Å². The smallest absolute Gasteiger partial charge is 0.286 e. The van der Waals surface area contributed by atoms with Gasteiger partial charge in [-0.05, 0) is 63.4 Å². The SMILES string of the molecule is CC[C@@H]1CCCCN1CCCNC(=O)c1ccc(NC(=O)c2nnc(C)s2)cc1. The van der Waals surface area contributed by atoms with Crippen LogP contribution in [0.3, 0.4) is 0 Å². The molecule has 1 aromatic carbocycles. The average molecular weight is 416 g/mol. The fourth-order valence-electron chi connectivity index (χ4n) is 3.68. The van der Waals surface area contributed by atoms with Gasteiger partial charge in [-0.2, -0.15) is 0 Å². The minimum atomic E-state index is -0.295. The second-order valence-corrected chi connectivity index (χ2v) is 8.54. The molecule has 0 saturated carbocycles. The Morgan fingerprint density at radius 1 is 1.17 bits per heavy atom. The highest BCUT2D eigenvalue weighted by atomic mass is 32.1. The summed E-state index contributed by atoms with van der Waals surface area (Å²) in [7, 11) is 0. The summed E-state index contributed by atoms with van der Waals surface area (Å²) in [5.74, 6) is -0.385. The Kier molecular flexibility index (Phi) is 7.71. The number of hydrogen-bond donors (Lipinski definition) is 2. The highest BCUT2D eigenvalue weighted by molar-refractivity contribution is 7.13. The standard InChI is InChI=1S/C21H29N5O2S/c1-3-18-7-4-5-13-26(18)14-6-12-22-19(27)16-8-10-17(11-9-16)23-20(28)21-25-24-15(2)29-21/h8-11,18H,3-7,12-14H2,1-2H3,(H,22,27)(H,23,28)/t18-/m1/s1. The lowest BCUT2D eigenvalue weighted by Gasteiger charge is -2.35. The summed E-state index contributed by atoms with van der Waals surface area (Å²) in [5.41, 5.74) is 1.20. The van der Waals surface area contributed by atoms with Crippen molar-refractivity contribution in [3.05, 3.63) is 39.8 Å². The molecule has 0 aliphatic carbocycles. The second-order valence-electron chi connectivity index (χ2n) is 7.36. The Hall–Kier alpha value is -2.32. The van der Waals surface area contributed by atoms with Gasteiger partial charge in [-0.15, -0.1) is 10.2 Å². The van der Waals surface area contributed by atoms with E-state index >= 15 is 0 Å². The monoisotopic (exact) mass is 415 g/mol. The number of nitrogens with one attached hydrogen (secondary N) is 2. The van der Waals surface area contributed by atoms with Gasteiger partial charge in [-0.25, -0.2) is 0 Å². The van der Waals surface area contributed by atoms with Crippen molar-refractivity contribution < 1.29 is 9.59 Å². The summed E-state index contributed by atoms with van der Waals surface area (Å²) < 4.78 is 0. The molecule has 7 nitrogen and oxygen atoms in total. The highest BCUT2D eigenvalue weighted by Crippen LogP contribution is 2.19. The van der Waals surface area contributed by atoms with E-state index < -0.39 is 0 Å². The number of anilines is 1. The molecule has 1 aromatic heterocycles. The van der Waals surface area contributed by atoms with Crippen LogP contribution in [-0.2, 0) is 0 Å². The lowest BCUT2D eigenvalue weighted by atomic mass is 10.00. The van der Waals surface area contributed by atoms with Crippen LogP contribution in [0.1, 0.15) is 64.2 Å². The third-order valence-corrected chi connectivity index (χ3v) is 6.09. The Labute approximate surface area is 175 Å². The molecular weight excluding hydrogens is 386 g/mol. The minimum absolute atomic E-state index is 0.0895. The molecule has 156 valence electrons. The maximum absolute atomic E-state index is 12.3. The maximum Gasteiger partial charge on any atom is 0.286 e. The molecule has 1 saturated heterocycles. The van der Waals surface area contributed by atoms with Crippen LogP contribution in [-0.4, -0.2) is 52.6 Å². The Bertz CT molecular complexity index is 821. The number of carbonyl (C=O) groups excluding carboxylic acids is 2. The Morgan fingerprint density at radius 2 is 1.97 bits per heavy atom. The number of hydrogen-bond acceptors (Lipinski definition) is 6. The number of carbonyl (C=O) groups is 2. The lowest BCUT2D eigenvalue weighted by Crippen LogP contribution is -2.40. The van der Waals surface area contributed by atoms with Crippen LogP contribution in [0.2, 0.25) is 0 Å². The first-order valence-corrected chi connectivity index (χ1v) is 11.1. The van der Waals surface area contributed by atoms with Gasteiger partial charge in [-0.1, -0.05) is 24.7 Å². The number of amides is 2. The summed E-state index contributed by atoms with van der Waals surface area (Å²) in [6.07, 6.45) is 6.07. The minimum Gasteiger partial charge on any atom is -0.352 e. The number of benzene rings is 1. The molecule has 2 N–H and O–H groups in total. The predicted octanol–water partition coefficient (Wildman–Crippen LogP) is 3.48. The van der Waals surface area contributed by atoms with Crippen LogP contribution in [0.15, 0.2) is 24.3 Å². The van der Waals surface area contributed by atoms with Crippen molar-refractivity contribution in [3.8, 4) is 0 Å². The van der Waals surface area contributed by atoms with Crippen LogP contribution >= 0.6 is 11.3 Å². The molecule has 1 aliphatic rings. The fourth-order valence-corrected chi connectivity index (χ4v) is 4.27. The normalized spacial score (nSPS) is 17.1. The summed E-state index contributed by atoms with van der Waals surface area (Å²) in [6, 6.07) is 7.58. The van der Waals surface area contributed by atoms with E-state index in [1.54, 1.807) is 31.2 Å². The van der Waals surface area contributed by atoms with Crippen molar-refractivity contribution in [2.45, 2.75) is 52.0 Å². The van der Waals surface area contributed by atoms with E-state index in [1.165, 1.54) is 43.6 Å². The van der Waals surface area contributed by atoms with E-state index in [0.29, 0.717) is 28.8 Å². The molecule has 1 aliphatic heterocycles. The van der Waals surface area contributed by atoms with Crippen LogP contribution in [0.4, 0.5) is 5.69 Å². The molecule has 1 atom stereocenters. The van der Waals surface area contributed by atoms with Crippen LogP contribution in [0.5, 0.6) is 0 Å². The molecule has 0 bridgehead atoms. The Balaban J connectivity index is 1.42.